The zero-order valence-corrected chi connectivity index (χ0v) is 25.2. The van der Waals surface area contributed by atoms with Crippen molar-refractivity contribution < 1.29 is 20.1 Å². The van der Waals surface area contributed by atoms with Crippen LogP contribution in [0.5, 0.6) is 0 Å². The van der Waals surface area contributed by atoms with E-state index in [1.165, 1.54) is 43.7 Å². The number of hydrogen-bond donors (Lipinski definition) is 0. The largest absolute Gasteiger partial charge is 0.350 e. The van der Waals surface area contributed by atoms with E-state index in [1.54, 1.807) is 6.20 Å². The predicted octanol–water partition coefficient (Wildman–Crippen LogP) is 9.37. The Morgan fingerprint density at radius 1 is 0.610 bits per heavy atom. The van der Waals surface area contributed by atoms with Crippen LogP contribution in [0.15, 0.2) is 122 Å². The van der Waals surface area contributed by atoms with Crippen molar-refractivity contribution in [3.05, 3.63) is 139 Å². The molecule has 201 valence electrons. The van der Waals surface area contributed by atoms with Gasteiger partial charge in [-0.05, 0) is 46.4 Å². The smallest absolute Gasteiger partial charge is 0.0516 e. The summed E-state index contributed by atoms with van der Waals surface area (Å²) in [7, 11) is 0. The van der Waals surface area contributed by atoms with Crippen LogP contribution in [0.3, 0.4) is 0 Å². The van der Waals surface area contributed by atoms with Crippen molar-refractivity contribution >= 4 is 38.1 Å². The predicted molar refractivity (Wildman–Crippen MR) is 166 cm³/mol. The molecule has 0 amide bonds. The van der Waals surface area contributed by atoms with Gasteiger partial charge in [-0.1, -0.05) is 79.4 Å². The van der Waals surface area contributed by atoms with Gasteiger partial charge < -0.3 is 14.4 Å². The van der Waals surface area contributed by atoms with E-state index in [9.17, 15) is 0 Å². The number of nitrogens with zero attached hydrogens (tertiary/aromatic N) is 3. The summed E-state index contributed by atoms with van der Waals surface area (Å²) in [6.07, 6.45) is 3.69. The molecule has 0 unspecified atom stereocenters. The monoisotopic (exact) mass is 706 g/mol. The minimum atomic E-state index is 0. The van der Waals surface area contributed by atoms with E-state index in [-0.39, 0.29) is 20.1 Å². The summed E-state index contributed by atoms with van der Waals surface area (Å²) < 4.78 is 2.38. The minimum absolute atomic E-state index is 0. The molecular formula is C37H27IrN3-2. The van der Waals surface area contributed by atoms with Crippen molar-refractivity contribution in [1.82, 2.24) is 14.4 Å². The number of rotatable bonds is 3. The second kappa shape index (κ2) is 11.2. The average Bonchev–Trinajstić information content (AvgIpc) is 3.54. The summed E-state index contributed by atoms with van der Waals surface area (Å²) in [5.41, 5.74) is 9.11. The Kier molecular flexibility index (Phi) is 7.36. The van der Waals surface area contributed by atoms with E-state index in [0.717, 1.165) is 22.5 Å². The zero-order valence-electron chi connectivity index (χ0n) is 22.8. The van der Waals surface area contributed by atoms with E-state index in [1.807, 2.05) is 48.7 Å². The van der Waals surface area contributed by atoms with Gasteiger partial charge in [-0.3, -0.25) is 0 Å². The third-order valence-corrected chi connectivity index (χ3v) is 7.53. The van der Waals surface area contributed by atoms with Crippen LogP contribution in [0.4, 0.5) is 0 Å². The topological polar surface area (TPSA) is 30.2 Å². The van der Waals surface area contributed by atoms with Crippen molar-refractivity contribution in [2.24, 2.45) is 0 Å². The van der Waals surface area contributed by atoms with Gasteiger partial charge in [0.05, 0.1) is 5.52 Å². The van der Waals surface area contributed by atoms with E-state index in [4.69, 9.17) is 0 Å². The van der Waals surface area contributed by atoms with Crippen LogP contribution in [-0.4, -0.2) is 14.4 Å². The molecule has 0 atom stereocenters. The molecule has 0 spiro atoms. The first kappa shape index (κ1) is 26.8. The third-order valence-electron chi connectivity index (χ3n) is 7.53. The maximum atomic E-state index is 4.62. The standard InChI is InChI=1S/C26H19N2.C11H8N.Ir/c1-16(2)17-12-13-27-23(15-17)18-10-11-25-22(14-18)21-8-5-7-20-19-6-3-4-9-24(19)28(25)26(20)21;1-2-6-10(7-3-1)11-8-4-5-9-12-11;/h3-9,11-16H,1-2H3;1-6,8-9H;/q2*-1;. The molecule has 0 aliphatic heterocycles. The molecule has 0 bridgehead atoms. The number of aromatic nitrogens is 3. The quantitative estimate of drug-likeness (QED) is 0.172. The van der Waals surface area contributed by atoms with E-state index >= 15 is 0 Å². The molecule has 41 heavy (non-hydrogen) atoms. The van der Waals surface area contributed by atoms with Gasteiger partial charge >= 0.3 is 0 Å². The average molecular weight is 706 g/mol. The van der Waals surface area contributed by atoms with E-state index < -0.39 is 0 Å². The fraction of sp³-hybridized carbons (Fsp3) is 0.0811. The normalized spacial score (nSPS) is 11.2. The molecule has 3 nitrogen and oxygen atoms in total. The minimum Gasteiger partial charge on any atom is -0.350 e. The number of para-hydroxylation sites is 2. The second-order valence-electron chi connectivity index (χ2n) is 10.3. The molecule has 0 saturated carbocycles. The van der Waals surface area contributed by atoms with Gasteiger partial charge in [-0.2, -0.15) is 0 Å². The molecule has 0 N–H and O–H groups in total. The van der Waals surface area contributed by atoms with Crippen LogP contribution in [-0.2, 0) is 20.1 Å². The number of hydrogen-bond acceptors (Lipinski definition) is 2. The molecule has 8 rings (SSSR count). The van der Waals surface area contributed by atoms with Gasteiger partial charge in [0.25, 0.3) is 0 Å². The SMILES string of the molecule is CC(C)c1ccnc(-c2[c-]cc3c(c2)c2cccc4c5ccccc5n3c24)c1.[Ir].[c-]1ccccc1-c1ccccn1. The Balaban J connectivity index is 0.000000196. The molecule has 1 radical (unpaired) electrons. The van der Waals surface area contributed by atoms with Crippen LogP contribution in [0.2, 0.25) is 0 Å². The molecule has 0 fully saturated rings. The van der Waals surface area contributed by atoms with Crippen molar-refractivity contribution in [3.8, 4) is 22.5 Å². The number of fused-ring (bicyclic) bond motifs is 6. The summed E-state index contributed by atoms with van der Waals surface area (Å²) in [5, 5.41) is 5.17. The van der Waals surface area contributed by atoms with Gasteiger partial charge in [0, 0.05) is 48.8 Å². The summed E-state index contributed by atoms with van der Waals surface area (Å²) >= 11 is 0. The Bertz CT molecular complexity index is 2040. The van der Waals surface area contributed by atoms with Crippen LogP contribution < -0.4 is 0 Å². The van der Waals surface area contributed by atoms with Gasteiger partial charge in [0.1, 0.15) is 0 Å². The van der Waals surface area contributed by atoms with Gasteiger partial charge in [0.15, 0.2) is 0 Å². The van der Waals surface area contributed by atoms with Gasteiger partial charge in [-0.25, -0.2) is 0 Å². The first-order chi connectivity index (χ1) is 19.7. The molecule has 8 aromatic rings. The molecular weight excluding hydrogens is 679 g/mol. The summed E-state index contributed by atoms with van der Waals surface area (Å²) in [6, 6.07) is 44.2. The Labute approximate surface area is 253 Å². The molecule has 0 aliphatic carbocycles. The number of benzene rings is 4. The van der Waals surface area contributed by atoms with E-state index in [0.29, 0.717) is 5.92 Å². The molecule has 4 heteroatoms. The van der Waals surface area contributed by atoms with Crippen LogP contribution in [0, 0.1) is 12.1 Å². The second-order valence-corrected chi connectivity index (χ2v) is 10.3. The van der Waals surface area contributed by atoms with E-state index in [2.05, 4.69) is 107 Å². The molecule has 4 heterocycles. The third kappa shape index (κ3) is 4.80. The van der Waals surface area contributed by atoms with Gasteiger partial charge in [0.2, 0.25) is 0 Å². The molecule has 4 aromatic carbocycles. The summed E-state index contributed by atoms with van der Waals surface area (Å²) in [5.74, 6) is 0.483. The first-order valence-corrected chi connectivity index (χ1v) is 13.6. The van der Waals surface area contributed by atoms with Crippen molar-refractivity contribution in [2.75, 3.05) is 0 Å². The van der Waals surface area contributed by atoms with Crippen LogP contribution >= 0.6 is 0 Å². The number of pyridine rings is 2. The fourth-order valence-electron chi connectivity index (χ4n) is 5.55. The maximum absolute atomic E-state index is 4.62. The molecule has 0 aliphatic rings. The Hall–Kier alpha value is -4.37. The van der Waals surface area contributed by atoms with Crippen molar-refractivity contribution in [3.63, 3.8) is 0 Å². The van der Waals surface area contributed by atoms with Crippen LogP contribution in [0.25, 0.3) is 60.6 Å². The molecule has 0 saturated heterocycles. The van der Waals surface area contributed by atoms with Crippen molar-refractivity contribution in [2.45, 2.75) is 19.8 Å². The summed E-state index contributed by atoms with van der Waals surface area (Å²) in [6.45, 7) is 4.43. The van der Waals surface area contributed by atoms with Crippen molar-refractivity contribution in [1.29, 1.82) is 0 Å². The Morgan fingerprint density at radius 3 is 2.15 bits per heavy atom. The first-order valence-electron chi connectivity index (χ1n) is 13.6. The summed E-state index contributed by atoms with van der Waals surface area (Å²) in [4.78, 5) is 8.83. The molecule has 4 aromatic heterocycles. The Morgan fingerprint density at radius 2 is 1.37 bits per heavy atom. The van der Waals surface area contributed by atoms with Crippen LogP contribution in [0.1, 0.15) is 25.3 Å². The maximum Gasteiger partial charge on any atom is 0.0516 e. The fourth-order valence-corrected chi connectivity index (χ4v) is 5.55. The van der Waals surface area contributed by atoms with Gasteiger partial charge in [-0.15, -0.1) is 59.7 Å². The zero-order chi connectivity index (χ0) is 27.1.